The van der Waals surface area contributed by atoms with Gasteiger partial charge in [0, 0.05) is 11.6 Å². The Morgan fingerprint density at radius 2 is 1.73 bits per heavy atom. The first-order chi connectivity index (χ1) is 12.3. The van der Waals surface area contributed by atoms with Gasteiger partial charge in [0.25, 0.3) is 5.91 Å². The molecule has 2 aromatic carbocycles. The maximum atomic E-state index is 12.5. The van der Waals surface area contributed by atoms with Crippen molar-refractivity contribution >= 4 is 22.5 Å². The summed E-state index contributed by atoms with van der Waals surface area (Å²) in [6, 6.07) is 17.4. The molecule has 4 heteroatoms. The van der Waals surface area contributed by atoms with Crippen LogP contribution in [0.1, 0.15) is 33.3 Å². The number of para-hydroxylation sites is 1. The van der Waals surface area contributed by atoms with Crippen LogP contribution in [0, 0.1) is 0 Å². The average Bonchev–Trinajstić information content (AvgIpc) is 2.61. The molecule has 1 N–H and O–H groups in total. The van der Waals surface area contributed by atoms with Gasteiger partial charge in [0.2, 0.25) is 0 Å². The molecule has 1 atom stereocenters. The maximum absolute atomic E-state index is 12.5. The Balaban J connectivity index is 1.70. The van der Waals surface area contributed by atoms with Gasteiger partial charge in [-0.25, -0.2) is 0 Å². The molecular weight excluding hydrogens is 324 g/mol. The van der Waals surface area contributed by atoms with Gasteiger partial charge in [-0.1, -0.05) is 51.1 Å². The summed E-state index contributed by atoms with van der Waals surface area (Å²) < 4.78 is 5.80. The van der Waals surface area contributed by atoms with Crippen molar-refractivity contribution in [2.24, 2.45) is 0 Å². The lowest BCUT2D eigenvalue weighted by Gasteiger charge is -2.20. The van der Waals surface area contributed by atoms with Crippen LogP contribution in [-0.2, 0) is 10.2 Å². The number of ether oxygens (including phenoxy) is 1. The number of carbonyl (C=O) groups excluding carboxylic acids is 1. The molecule has 0 aliphatic heterocycles. The van der Waals surface area contributed by atoms with Gasteiger partial charge >= 0.3 is 0 Å². The number of nitrogens with one attached hydrogen (secondary N) is 1. The van der Waals surface area contributed by atoms with Crippen LogP contribution in [-0.4, -0.2) is 17.0 Å². The largest absolute Gasteiger partial charge is 0.481 e. The molecule has 0 bridgehead atoms. The smallest absolute Gasteiger partial charge is 0.265 e. The highest BCUT2D eigenvalue weighted by molar-refractivity contribution is 6.01. The zero-order valence-corrected chi connectivity index (χ0v) is 15.6. The third-order valence-electron chi connectivity index (χ3n) is 4.29. The summed E-state index contributed by atoms with van der Waals surface area (Å²) in [6.07, 6.45) is 1.10. The van der Waals surface area contributed by atoms with Crippen LogP contribution in [0.3, 0.4) is 0 Å². The standard InChI is InChI=1S/C22H24N2O2/c1-15(26-18-12-10-17(11-13-18)22(2,3)4)21(25)24-19-9-5-7-16-8-6-14-23-20(16)19/h5-15H,1-4H3,(H,24,25). The van der Waals surface area contributed by atoms with E-state index in [0.29, 0.717) is 11.4 Å². The maximum Gasteiger partial charge on any atom is 0.265 e. The quantitative estimate of drug-likeness (QED) is 0.727. The number of benzene rings is 2. The van der Waals surface area contributed by atoms with Gasteiger partial charge in [0.15, 0.2) is 6.10 Å². The van der Waals surface area contributed by atoms with Crippen molar-refractivity contribution in [3.63, 3.8) is 0 Å². The van der Waals surface area contributed by atoms with Crippen molar-refractivity contribution in [1.82, 2.24) is 4.98 Å². The Bertz CT molecular complexity index is 906. The second-order valence-corrected chi connectivity index (χ2v) is 7.40. The molecule has 0 saturated heterocycles. The number of nitrogens with zero attached hydrogens (tertiary/aromatic N) is 1. The molecular formula is C22H24N2O2. The minimum Gasteiger partial charge on any atom is -0.481 e. The molecule has 1 aromatic heterocycles. The lowest BCUT2D eigenvalue weighted by Crippen LogP contribution is -2.30. The fraction of sp³-hybridized carbons (Fsp3) is 0.273. The van der Waals surface area contributed by atoms with Crippen molar-refractivity contribution in [3.05, 3.63) is 66.4 Å². The summed E-state index contributed by atoms with van der Waals surface area (Å²) >= 11 is 0. The van der Waals surface area contributed by atoms with Crippen molar-refractivity contribution < 1.29 is 9.53 Å². The van der Waals surface area contributed by atoms with Crippen LogP contribution >= 0.6 is 0 Å². The predicted octanol–water partition coefficient (Wildman–Crippen LogP) is 4.94. The Labute approximate surface area is 154 Å². The number of hydrogen-bond donors (Lipinski definition) is 1. The Morgan fingerprint density at radius 1 is 1.04 bits per heavy atom. The minimum absolute atomic E-state index is 0.0862. The first-order valence-corrected chi connectivity index (χ1v) is 8.76. The molecule has 3 aromatic rings. The van der Waals surface area contributed by atoms with Crippen molar-refractivity contribution in [2.75, 3.05) is 5.32 Å². The summed E-state index contributed by atoms with van der Waals surface area (Å²) in [5.74, 6) is 0.472. The Hall–Kier alpha value is -2.88. The molecule has 1 heterocycles. The molecule has 4 nitrogen and oxygen atoms in total. The van der Waals surface area contributed by atoms with Crippen molar-refractivity contribution in [1.29, 1.82) is 0 Å². The molecule has 26 heavy (non-hydrogen) atoms. The van der Waals surface area contributed by atoms with Crippen LogP contribution in [0.25, 0.3) is 10.9 Å². The molecule has 0 spiro atoms. The summed E-state index contributed by atoms with van der Waals surface area (Å²) in [5, 5.41) is 3.90. The molecule has 0 aliphatic carbocycles. The predicted molar refractivity (Wildman–Crippen MR) is 106 cm³/mol. The van der Waals surface area contributed by atoms with E-state index < -0.39 is 6.10 Å². The number of aromatic nitrogens is 1. The lowest BCUT2D eigenvalue weighted by atomic mass is 9.87. The highest BCUT2D eigenvalue weighted by atomic mass is 16.5. The first kappa shape index (κ1) is 17.9. The van der Waals surface area contributed by atoms with E-state index in [1.54, 1.807) is 13.1 Å². The van der Waals surface area contributed by atoms with E-state index in [1.807, 2.05) is 54.6 Å². The van der Waals surface area contributed by atoms with Crippen LogP contribution in [0.2, 0.25) is 0 Å². The van der Waals surface area contributed by atoms with Gasteiger partial charge in [0.05, 0.1) is 11.2 Å². The molecule has 0 aliphatic rings. The van der Waals surface area contributed by atoms with E-state index in [4.69, 9.17) is 4.74 Å². The number of rotatable bonds is 4. The zero-order chi connectivity index (χ0) is 18.7. The fourth-order valence-corrected chi connectivity index (χ4v) is 2.73. The van der Waals surface area contributed by atoms with Crippen LogP contribution in [0.15, 0.2) is 60.8 Å². The molecule has 0 saturated carbocycles. The van der Waals surface area contributed by atoms with Gasteiger partial charge in [-0.05, 0) is 42.2 Å². The zero-order valence-electron chi connectivity index (χ0n) is 15.6. The first-order valence-electron chi connectivity index (χ1n) is 8.76. The normalized spacial score (nSPS) is 12.6. The van der Waals surface area contributed by atoms with Gasteiger partial charge in [-0.2, -0.15) is 0 Å². The third kappa shape index (κ3) is 4.02. The molecule has 0 radical (unpaired) electrons. The van der Waals surface area contributed by atoms with E-state index in [-0.39, 0.29) is 11.3 Å². The summed E-state index contributed by atoms with van der Waals surface area (Å²) in [5.41, 5.74) is 2.77. The summed E-state index contributed by atoms with van der Waals surface area (Å²) in [4.78, 5) is 16.9. The fourth-order valence-electron chi connectivity index (χ4n) is 2.73. The topological polar surface area (TPSA) is 51.2 Å². The highest BCUT2D eigenvalue weighted by Gasteiger charge is 2.17. The Kier molecular flexibility index (Phi) is 4.94. The van der Waals surface area contributed by atoms with E-state index in [2.05, 4.69) is 31.1 Å². The minimum atomic E-state index is -0.616. The van der Waals surface area contributed by atoms with Crippen molar-refractivity contribution in [3.8, 4) is 5.75 Å². The number of carbonyl (C=O) groups is 1. The highest BCUT2D eigenvalue weighted by Crippen LogP contribution is 2.25. The van der Waals surface area contributed by atoms with Crippen LogP contribution in [0.5, 0.6) is 5.75 Å². The van der Waals surface area contributed by atoms with E-state index in [0.717, 1.165) is 10.9 Å². The van der Waals surface area contributed by atoms with Crippen molar-refractivity contribution in [2.45, 2.75) is 39.2 Å². The van der Waals surface area contributed by atoms with Crippen LogP contribution < -0.4 is 10.1 Å². The van der Waals surface area contributed by atoms with Crippen LogP contribution in [0.4, 0.5) is 5.69 Å². The van der Waals surface area contributed by atoms with E-state index in [1.165, 1.54) is 5.56 Å². The van der Waals surface area contributed by atoms with Gasteiger partial charge in [-0.15, -0.1) is 0 Å². The molecule has 1 amide bonds. The molecule has 3 rings (SSSR count). The SMILES string of the molecule is CC(Oc1ccc(C(C)(C)C)cc1)C(=O)Nc1cccc2cccnc12. The number of hydrogen-bond acceptors (Lipinski definition) is 3. The molecule has 1 unspecified atom stereocenters. The molecule has 0 fully saturated rings. The van der Waals surface area contributed by atoms with E-state index >= 15 is 0 Å². The van der Waals surface area contributed by atoms with E-state index in [9.17, 15) is 4.79 Å². The number of fused-ring (bicyclic) bond motifs is 1. The monoisotopic (exact) mass is 348 g/mol. The summed E-state index contributed by atoms with van der Waals surface area (Å²) in [7, 11) is 0. The average molecular weight is 348 g/mol. The molecule has 134 valence electrons. The van der Waals surface area contributed by atoms with Gasteiger partial charge in [-0.3, -0.25) is 9.78 Å². The third-order valence-corrected chi connectivity index (χ3v) is 4.29. The van der Waals surface area contributed by atoms with Gasteiger partial charge in [0.1, 0.15) is 5.75 Å². The Morgan fingerprint density at radius 3 is 2.42 bits per heavy atom. The lowest BCUT2D eigenvalue weighted by molar-refractivity contribution is -0.122. The number of pyridine rings is 1. The number of amides is 1. The second kappa shape index (κ2) is 7.16. The summed E-state index contributed by atoms with van der Waals surface area (Å²) in [6.45, 7) is 8.23. The second-order valence-electron chi connectivity index (χ2n) is 7.40. The number of anilines is 1. The van der Waals surface area contributed by atoms with Gasteiger partial charge < -0.3 is 10.1 Å².